The first-order valence-electron chi connectivity index (χ1n) is 6.59. The molecule has 0 aliphatic carbocycles. The average Bonchev–Trinajstić information content (AvgIpc) is 2.40. The van der Waals surface area contributed by atoms with Gasteiger partial charge in [0.2, 0.25) is 0 Å². The first-order chi connectivity index (χ1) is 9.81. The van der Waals surface area contributed by atoms with E-state index in [0.717, 1.165) is 6.54 Å². The van der Waals surface area contributed by atoms with Crippen molar-refractivity contribution in [1.29, 1.82) is 0 Å². The molecular weight excluding hydrogens is 294 g/mol. The van der Waals surface area contributed by atoms with E-state index in [0.29, 0.717) is 18.3 Å². The summed E-state index contributed by atoms with van der Waals surface area (Å²) in [7, 11) is 1.98. The number of rotatable bonds is 6. The van der Waals surface area contributed by atoms with Crippen molar-refractivity contribution < 1.29 is 14.7 Å². The van der Waals surface area contributed by atoms with Gasteiger partial charge in [0.05, 0.1) is 16.3 Å². The number of hydrogen-bond donors (Lipinski definition) is 3. The Morgan fingerprint density at radius 3 is 2.57 bits per heavy atom. The van der Waals surface area contributed by atoms with Gasteiger partial charge in [-0.1, -0.05) is 11.6 Å². The van der Waals surface area contributed by atoms with Crippen molar-refractivity contribution in [2.24, 2.45) is 0 Å². The zero-order chi connectivity index (χ0) is 16.0. The molecule has 0 aromatic heterocycles. The molecule has 0 aliphatic heterocycles. The zero-order valence-corrected chi connectivity index (χ0v) is 13.1. The third kappa shape index (κ3) is 5.61. The lowest BCUT2D eigenvalue weighted by Crippen LogP contribution is -2.37. The number of hydrogen-bond acceptors (Lipinski definition) is 3. The Morgan fingerprint density at radius 1 is 1.38 bits per heavy atom. The molecule has 0 heterocycles. The first-order valence-corrected chi connectivity index (χ1v) is 6.97. The molecule has 0 fully saturated rings. The van der Waals surface area contributed by atoms with E-state index in [1.165, 1.54) is 18.2 Å². The van der Waals surface area contributed by atoms with Crippen molar-refractivity contribution in [1.82, 2.24) is 10.2 Å². The minimum absolute atomic E-state index is 0.0736. The highest BCUT2D eigenvalue weighted by molar-refractivity contribution is 6.34. The second-order valence-electron chi connectivity index (χ2n) is 4.96. The van der Waals surface area contributed by atoms with Crippen molar-refractivity contribution in [3.05, 3.63) is 28.8 Å². The fraction of sp³-hybridized carbons (Fsp3) is 0.429. The number of halogens is 1. The summed E-state index contributed by atoms with van der Waals surface area (Å²) in [4.78, 5) is 24.6. The molecule has 2 amide bonds. The number of amides is 2. The van der Waals surface area contributed by atoms with E-state index in [-0.39, 0.29) is 16.6 Å². The molecule has 1 aromatic rings. The van der Waals surface area contributed by atoms with Crippen LogP contribution in [0.15, 0.2) is 18.2 Å². The Hall–Kier alpha value is -1.79. The lowest BCUT2D eigenvalue weighted by Gasteiger charge is -2.21. The van der Waals surface area contributed by atoms with Crippen LogP contribution < -0.4 is 10.6 Å². The Kier molecular flexibility index (Phi) is 6.45. The van der Waals surface area contributed by atoms with Crippen LogP contribution >= 0.6 is 11.6 Å². The molecule has 1 aromatic carbocycles. The van der Waals surface area contributed by atoms with E-state index in [2.05, 4.69) is 29.4 Å². The van der Waals surface area contributed by atoms with Crippen LogP contribution in [0.4, 0.5) is 10.5 Å². The van der Waals surface area contributed by atoms with E-state index < -0.39 is 5.97 Å². The second kappa shape index (κ2) is 7.85. The van der Waals surface area contributed by atoms with Gasteiger partial charge in [0.25, 0.3) is 0 Å². The smallest absolute Gasteiger partial charge is 0.335 e. The highest BCUT2D eigenvalue weighted by atomic mass is 35.5. The van der Waals surface area contributed by atoms with Crippen LogP contribution in [0.5, 0.6) is 0 Å². The summed E-state index contributed by atoms with van der Waals surface area (Å²) in [6.07, 6.45) is 0. The molecule has 0 atom stereocenters. The van der Waals surface area contributed by atoms with Gasteiger partial charge >= 0.3 is 12.0 Å². The summed E-state index contributed by atoms with van der Waals surface area (Å²) >= 11 is 5.93. The van der Waals surface area contributed by atoms with Gasteiger partial charge in [-0.3, -0.25) is 0 Å². The quantitative estimate of drug-likeness (QED) is 0.753. The Morgan fingerprint density at radius 2 is 2.05 bits per heavy atom. The van der Waals surface area contributed by atoms with E-state index in [1.807, 2.05) is 7.05 Å². The molecule has 0 saturated carbocycles. The largest absolute Gasteiger partial charge is 0.478 e. The molecule has 0 spiro atoms. The summed E-state index contributed by atoms with van der Waals surface area (Å²) in [5.74, 6) is -1.07. The second-order valence-corrected chi connectivity index (χ2v) is 5.36. The van der Waals surface area contributed by atoms with E-state index in [9.17, 15) is 9.59 Å². The third-order valence-electron chi connectivity index (χ3n) is 3.10. The monoisotopic (exact) mass is 313 g/mol. The van der Waals surface area contributed by atoms with Crippen LogP contribution in [-0.2, 0) is 0 Å². The van der Waals surface area contributed by atoms with Crippen molar-refractivity contribution >= 4 is 29.3 Å². The van der Waals surface area contributed by atoms with Crippen molar-refractivity contribution in [2.45, 2.75) is 19.9 Å². The van der Waals surface area contributed by atoms with Crippen LogP contribution in [0, 0.1) is 0 Å². The van der Waals surface area contributed by atoms with Crippen molar-refractivity contribution in [3.63, 3.8) is 0 Å². The first kappa shape index (κ1) is 17.3. The lowest BCUT2D eigenvalue weighted by molar-refractivity contribution is 0.0697. The standard InChI is InChI=1S/C14H20ClN3O3/c1-9(2)18(3)7-6-16-14(21)17-12-5-4-10(13(19)20)8-11(12)15/h4-5,8-9H,6-7H2,1-3H3,(H,19,20)(H2,16,17,21). The number of carbonyl (C=O) groups is 2. The fourth-order valence-corrected chi connectivity index (χ4v) is 1.75. The summed E-state index contributed by atoms with van der Waals surface area (Å²) in [6.45, 7) is 5.38. The molecule has 1 rings (SSSR count). The Balaban J connectivity index is 2.50. The van der Waals surface area contributed by atoms with Gasteiger partial charge in [0, 0.05) is 19.1 Å². The third-order valence-corrected chi connectivity index (χ3v) is 3.41. The highest BCUT2D eigenvalue weighted by Gasteiger charge is 2.10. The number of carbonyl (C=O) groups excluding carboxylic acids is 1. The molecule has 6 nitrogen and oxygen atoms in total. The maximum absolute atomic E-state index is 11.7. The SMILES string of the molecule is CC(C)N(C)CCNC(=O)Nc1ccc(C(=O)O)cc1Cl. The molecule has 0 radical (unpaired) electrons. The number of urea groups is 1. The molecule has 21 heavy (non-hydrogen) atoms. The number of nitrogens with zero attached hydrogens (tertiary/aromatic N) is 1. The van der Waals surface area contributed by atoms with Crippen LogP contribution in [0.25, 0.3) is 0 Å². The molecule has 0 bridgehead atoms. The number of anilines is 1. The summed E-state index contributed by atoms with van der Waals surface area (Å²) in [6, 6.07) is 4.18. The van der Waals surface area contributed by atoms with Gasteiger partial charge in [-0.15, -0.1) is 0 Å². The number of likely N-dealkylation sites (N-methyl/N-ethyl adjacent to an activating group) is 1. The molecule has 0 aliphatic rings. The van der Waals surface area contributed by atoms with Crippen molar-refractivity contribution in [3.8, 4) is 0 Å². The normalized spacial score (nSPS) is 10.8. The predicted molar refractivity (Wildman–Crippen MR) is 83.2 cm³/mol. The molecular formula is C14H20ClN3O3. The Bertz CT molecular complexity index is 520. The minimum Gasteiger partial charge on any atom is -0.478 e. The van der Waals surface area contributed by atoms with Crippen LogP contribution in [-0.4, -0.2) is 48.2 Å². The van der Waals surface area contributed by atoms with Gasteiger partial charge in [-0.25, -0.2) is 9.59 Å². The van der Waals surface area contributed by atoms with Gasteiger partial charge in [-0.05, 0) is 39.1 Å². The van der Waals surface area contributed by atoms with Gasteiger partial charge in [0.1, 0.15) is 0 Å². The van der Waals surface area contributed by atoms with Crippen LogP contribution in [0.3, 0.4) is 0 Å². The van der Waals surface area contributed by atoms with Gasteiger partial charge < -0.3 is 20.6 Å². The number of carboxylic acids is 1. The number of aromatic carboxylic acids is 1. The summed E-state index contributed by atoms with van der Waals surface area (Å²) in [5.41, 5.74) is 0.445. The lowest BCUT2D eigenvalue weighted by atomic mass is 10.2. The summed E-state index contributed by atoms with van der Waals surface area (Å²) < 4.78 is 0. The maximum atomic E-state index is 11.7. The van der Waals surface area contributed by atoms with Crippen molar-refractivity contribution in [2.75, 3.05) is 25.5 Å². The molecule has 116 valence electrons. The number of carboxylic acid groups (broad SMARTS) is 1. The van der Waals surface area contributed by atoms with E-state index >= 15 is 0 Å². The van der Waals surface area contributed by atoms with E-state index in [1.54, 1.807) is 0 Å². The topological polar surface area (TPSA) is 81.7 Å². The zero-order valence-electron chi connectivity index (χ0n) is 12.3. The van der Waals surface area contributed by atoms with E-state index in [4.69, 9.17) is 16.7 Å². The molecule has 7 heteroatoms. The average molecular weight is 314 g/mol. The number of nitrogens with one attached hydrogen (secondary N) is 2. The Labute approximate surface area is 129 Å². The van der Waals surface area contributed by atoms with Gasteiger partial charge in [0.15, 0.2) is 0 Å². The minimum atomic E-state index is -1.07. The predicted octanol–water partition coefficient (Wildman–Crippen LogP) is 2.50. The molecule has 0 unspecified atom stereocenters. The molecule has 3 N–H and O–H groups in total. The highest BCUT2D eigenvalue weighted by Crippen LogP contribution is 2.22. The summed E-state index contributed by atoms with van der Waals surface area (Å²) in [5, 5.41) is 14.3. The fourth-order valence-electron chi connectivity index (χ4n) is 1.52. The van der Waals surface area contributed by atoms with Crippen LogP contribution in [0.2, 0.25) is 5.02 Å². The molecule has 0 saturated heterocycles. The van der Waals surface area contributed by atoms with Gasteiger partial charge in [-0.2, -0.15) is 0 Å². The number of benzene rings is 1. The maximum Gasteiger partial charge on any atom is 0.335 e. The van der Waals surface area contributed by atoms with Crippen LogP contribution in [0.1, 0.15) is 24.2 Å².